The van der Waals surface area contributed by atoms with E-state index < -0.39 is 5.97 Å². The van der Waals surface area contributed by atoms with Crippen molar-refractivity contribution < 1.29 is 14.3 Å². The summed E-state index contributed by atoms with van der Waals surface area (Å²) >= 11 is 0. The average molecular weight is 291 g/mol. The van der Waals surface area contributed by atoms with Crippen molar-refractivity contribution in [2.45, 2.75) is 51.7 Å². The summed E-state index contributed by atoms with van der Waals surface area (Å²) in [5.41, 5.74) is 1.61. The summed E-state index contributed by atoms with van der Waals surface area (Å²) in [5, 5.41) is 8.75. The van der Waals surface area contributed by atoms with E-state index in [1.807, 2.05) is 0 Å². The standard InChI is InChI=1S/C17H22FNO2/c1-12-4-3-5-13(2)19(12)11-15-6-8-16(18)10-14(15)7-9-17(20)21/h6-10,12-13H,3-5,11H2,1-2H3,(H,20,21)/b9-7+/t12-,13+. The van der Waals surface area contributed by atoms with Crippen LogP contribution in [0.4, 0.5) is 4.39 Å². The van der Waals surface area contributed by atoms with Crippen LogP contribution in [0.25, 0.3) is 6.08 Å². The highest BCUT2D eigenvalue weighted by atomic mass is 19.1. The molecule has 21 heavy (non-hydrogen) atoms. The topological polar surface area (TPSA) is 40.5 Å². The number of nitrogens with zero attached hydrogens (tertiary/aromatic N) is 1. The Morgan fingerprint density at radius 2 is 2.05 bits per heavy atom. The van der Waals surface area contributed by atoms with Crippen LogP contribution in [0.3, 0.4) is 0 Å². The first-order valence-corrected chi connectivity index (χ1v) is 7.42. The van der Waals surface area contributed by atoms with Crippen molar-refractivity contribution in [2.75, 3.05) is 0 Å². The number of carboxylic acid groups (broad SMARTS) is 1. The molecular weight excluding hydrogens is 269 g/mol. The van der Waals surface area contributed by atoms with Gasteiger partial charge in [-0.15, -0.1) is 0 Å². The summed E-state index contributed by atoms with van der Waals surface area (Å²) in [4.78, 5) is 13.1. The van der Waals surface area contributed by atoms with Gasteiger partial charge < -0.3 is 5.11 Å². The smallest absolute Gasteiger partial charge is 0.328 e. The van der Waals surface area contributed by atoms with Gasteiger partial charge in [-0.1, -0.05) is 12.5 Å². The first-order chi connectivity index (χ1) is 9.97. The largest absolute Gasteiger partial charge is 0.478 e. The van der Waals surface area contributed by atoms with Crippen molar-refractivity contribution in [3.8, 4) is 0 Å². The van der Waals surface area contributed by atoms with Crippen LogP contribution in [0.15, 0.2) is 24.3 Å². The van der Waals surface area contributed by atoms with E-state index in [4.69, 9.17) is 5.11 Å². The summed E-state index contributed by atoms with van der Waals surface area (Å²) < 4.78 is 13.4. The van der Waals surface area contributed by atoms with E-state index in [2.05, 4.69) is 18.7 Å². The zero-order valence-electron chi connectivity index (χ0n) is 12.6. The summed E-state index contributed by atoms with van der Waals surface area (Å²) in [5.74, 6) is -1.37. The predicted molar refractivity (Wildman–Crippen MR) is 81.4 cm³/mol. The summed E-state index contributed by atoms with van der Waals surface area (Å²) in [7, 11) is 0. The third-order valence-electron chi connectivity index (χ3n) is 4.24. The van der Waals surface area contributed by atoms with Crippen LogP contribution < -0.4 is 0 Å². The minimum absolute atomic E-state index is 0.344. The Labute approximate surface area is 125 Å². The van der Waals surface area contributed by atoms with Crippen LogP contribution in [0.2, 0.25) is 0 Å². The molecule has 114 valence electrons. The molecule has 4 heteroatoms. The zero-order chi connectivity index (χ0) is 15.4. The Hall–Kier alpha value is -1.68. The lowest BCUT2D eigenvalue weighted by molar-refractivity contribution is -0.131. The van der Waals surface area contributed by atoms with Crippen molar-refractivity contribution in [3.63, 3.8) is 0 Å². The predicted octanol–water partition coefficient (Wildman–Crippen LogP) is 3.69. The van der Waals surface area contributed by atoms with E-state index in [0.29, 0.717) is 17.6 Å². The van der Waals surface area contributed by atoms with Gasteiger partial charge in [0, 0.05) is 24.7 Å². The molecule has 0 amide bonds. The van der Waals surface area contributed by atoms with Gasteiger partial charge in [0.2, 0.25) is 0 Å². The molecule has 0 spiro atoms. The maximum atomic E-state index is 13.4. The summed E-state index contributed by atoms with van der Waals surface area (Å²) in [6, 6.07) is 5.58. The maximum absolute atomic E-state index is 13.4. The number of likely N-dealkylation sites (tertiary alicyclic amines) is 1. The second-order valence-corrected chi connectivity index (χ2v) is 5.82. The fraction of sp³-hybridized carbons (Fsp3) is 0.471. The van der Waals surface area contributed by atoms with E-state index in [0.717, 1.165) is 18.2 Å². The molecule has 1 N–H and O–H groups in total. The monoisotopic (exact) mass is 291 g/mol. The lowest BCUT2D eigenvalue weighted by Crippen LogP contribution is -2.43. The van der Waals surface area contributed by atoms with Gasteiger partial charge in [0.1, 0.15) is 5.82 Å². The molecule has 0 saturated carbocycles. The van der Waals surface area contributed by atoms with Gasteiger partial charge in [0.25, 0.3) is 0 Å². The van der Waals surface area contributed by atoms with Crippen LogP contribution >= 0.6 is 0 Å². The van der Waals surface area contributed by atoms with E-state index in [1.54, 1.807) is 6.07 Å². The molecule has 2 atom stereocenters. The van der Waals surface area contributed by atoms with Crippen molar-refractivity contribution in [1.82, 2.24) is 4.90 Å². The van der Waals surface area contributed by atoms with E-state index in [-0.39, 0.29) is 5.82 Å². The molecule has 2 rings (SSSR count). The lowest BCUT2D eigenvalue weighted by atomic mass is 9.95. The minimum atomic E-state index is -1.02. The van der Waals surface area contributed by atoms with E-state index >= 15 is 0 Å². The molecule has 0 radical (unpaired) electrons. The fourth-order valence-electron chi connectivity index (χ4n) is 3.01. The van der Waals surface area contributed by atoms with Gasteiger partial charge >= 0.3 is 5.97 Å². The molecule has 1 heterocycles. The van der Waals surface area contributed by atoms with E-state index in [9.17, 15) is 9.18 Å². The first kappa shape index (κ1) is 15.7. The number of aliphatic carboxylic acids is 1. The van der Waals surface area contributed by atoms with Gasteiger partial charge in [-0.25, -0.2) is 9.18 Å². The number of hydrogen-bond donors (Lipinski definition) is 1. The summed E-state index contributed by atoms with van der Waals surface area (Å²) in [6.07, 6.45) is 6.12. The van der Waals surface area contributed by atoms with Gasteiger partial charge in [-0.2, -0.15) is 0 Å². The number of hydrogen-bond acceptors (Lipinski definition) is 2. The molecule has 1 aromatic carbocycles. The van der Waals surface area contributed by atoms with Gasteiger partial charge in [0.15, 0.2) is 0 Å². The maximum Gasteiger partial charge on any atom is 0.328 e. The van der Waals surface area contributed by atoms with Crippen molar-refractivity contribution in [1.29, 1.82) is 0 Å². The number of carboxylic acids is 1. The molecular formula is C17H22FNO2. The third kappa shape index (κ3) is 4.14. The average Bonchev–Trinajstić information content (AvgIpc) is 2.42. The highest BCUT2D eigenvalue weighted by molar-refractivity contribution is 5.85. The Kier molecular flexibility index (Phi) is 5.12. The van der Waals surface area contributed by atoms with Crippen molar-refractivity contribution >= 4 is 12.0 Å². The zero-order valence-corrected chi connectivity index (χ0v) is 12.6. The van der Waals surface area contributed by atoms with Crippen molar-refractivity contribution in [2.24, 2.45) is 0 Å². The van der Waals surface area contributed by atoms with Gasteiger partial charge in [0.05, 0.1) is 0 Å². The molecule has 0 unspecified atom stereocenters. The van der Waals surface area contributed by atoms with Crippen LogP contribution in [-0.2, 0) is 11.3 Å². The number of benzene rings is 1. The highest BCUT2D eigenvalue weighted by Gasteiger charge is 2.25. The third-order valence-corrected chi connectivity index (χ3v) is 4.24. The second kappa shape index (κ2) is 6.85. The van der Waals surface area contributed by atoms with E-state index in [1.165, 1.54) is 37.5 Å². The van der Waals surface area contributed by atoms with Crippen molar-refractivity contribution in [3.05, 3.63) is 41.2 Å². The molecule has 0 bridgehead atoms. The molecule has 1 aliphatic rings. The Balaban J connectivity index is 2.24. The Bertz CT molecular complexity index is 532. The molecule has 3 nitrogen and oxygen atoms in total. The minimum Gasteiger partial charge on any atom is -0.478 e. The Morgan fingerprint density at radius 1 is 1.38 bits per heavy atom. The van der Waals surface area contributed by atoms with Crippen LogP contribution in [-0.4, -0.2) is 28.1 Å². The molecule has 1 saturated heterocycles. The molecule has 1 fully saturated rings. The summed E-state index contributed by atoms with van der Waals surface area (Å²) in [6.45, 7) is 5.15. The molecule has 0 aromatic heterocycles. The number of halogens is 1. The van der Waals surface area contributed by atoms with Crippen LogP contribution in [0, 0.1) is 5.82 Å². The second-order valence-electron chi connectivity index (χ2n) is 5.82. The highest BCUT2D eigenvalue weighted by Crippen LogP contribution is 2.26. The normalized spacial score (nSPS) is 23.6. The number of piperidine rings is 1. The van der Waals surface area contributed by atoms with Crippen LogP contribution in [0.1, 0.15) is 44.2 Å². The lowest BCUT2D eigenvalue weighted by Gasteiger charge is -2.39. The molecule has 1 aliphatic heterocycles. The first-order valence-electron chi connectivity index (χ1n) is 7.42. The Morgan fingerprint density at radius 3 is 2.67 bits per heavy atom. The van der Waals surface area contributed by atoms with Crippen LogP contribution in [0.5, 0.6) is 0 Å². The number of rotatable bonds is 4. The van der Waals surface area contributed by atoms with Gasteiger partial charge in [-0.3, -0.25) is 4.90 Å². The molecule has 1 aromatic rings. The number of carbonyl (C=O) groups is 1. The SMILES string of the molecule is C[C@@H]1CCC[C@H](C)N1Cc1ccc(F)cc1/C=C/C(=O)O. The quantitative estimate of drug-likeness (QED) is 0.860. The molecule has 0 aliphatic carbocycles. The fourth-order valence-corrected chi connectivity index (χ4v) is 3.01. The van der Waals surface area contributed by atoms with Gasteiger partial charge in [-0.05, 0) is 56.0 Å².